The molecule has 1 N–H and O–H groups in total. The first-order chi connectivity index (χ1) is 10.6. The highest BCUT2D eigenvalue weighted by Gasteiger charge is 2.32. The van der Waals surface area contributed by atoms with E-state index in [0.29, 0.717) is 22.3 Å². The fraction of sp³-hybridized carbons (Fsp3) is 0.125. The minimum absolute atomic E-state index is 0.218. The van der Waals surface area contributed by atoms with Gasteiger partial charge in [-0.2, -0.15) is 0 Å². The van der Waals surface area contributed by atoms with Crippen LogP contribution in [0.15, 0.2) is 46.5 Å². The number of anilines is 1. The van der Waals surface area contributed by atoms with Gasteiger partial charge in [0.1, 0.15) is 23.0 Å². The number of carbonyl (C=O) groups is 1. The fourth-order valence-corrected chi connectivity index (χ4v) is 2.47. The topological polar surface area (TPSA) is 54.7 Å². The van der Waals surface area contributed by atoms with Crippen molar-refractivity contribution in [2.45, 2.75) is 6.92 Å². The molecule has 1 fully saturated rings. The molecule has 1 aromatic carbocycles. The number of aryl methyl sites for hydroxylation is 1. The zero-order chi connectivity index (χ0) is 15.7. The van der Waals surface area contributed by atoms with Crippen molar-refractivity contribution in [3.63, 3.8) is 0 Å². The molecule has 1 aliphatic heterocycles. The van der Waals surface area contributed by atoms with Gasteiger partial charge in [0.2, 0.25) is 0 Å². The Hall–Kier alpha value is -2.60. The molecule has 5 nitrogen and oxygen atoms in total. The van der Waals surface area contributed by atoms with Crippen molar-refractivity contribution in [3.05, 3.63) is 53.6 Å². The van der Waals surface area contributed by atoms with E-state index in [-0.39, 0.29) is 5.91 Å². The highest BCUT2D eigenvalue weighted by atomic mass is 32.1. The van der Waals surface area contributed by atoms with E-state index in [1.807, 2.05) is 13.0 Å². The Labute approximate surface area is 133 Å². The lowest BCUT2D eigenvalue weighted by atomic mass is 10.2. The molecule has 0 saturated carbocycles. The second-order valence-corrected chi connectivity index (χ2v) is 5.16. The molecule has 1 saturated heterocycles. The van der Waals surface area contributed by atoms with Gasteiger partial charge >= 0.3 is 0 Å². The summed E-state index contributed by atoms with van der Waals surface area (Å²) in [7, 11) is 1.59. The summed E-state index contributed by atoms with van der Waals surface area (Å²) in [5.41, 5.74) is 1.07. The Bertz CT molecular complexity index is 762. The average Bonchev–Trinajstić information content (AvgIpc) is 3.03. The number of furan rings is 1. The van der Waals surface area contributed by atoms with Crippen LogP contribution in [0, 0.1) is 6.92 Å². The van der Waals surface area contributed by atoms with Crippen molar-refractivity contribution in [3.8, 4) is 5.75 Å². The molecule has 6 heteroatoms. The lowest BCUT2D eigenvalue weighted by Gasteiger charge is -2.14. The Balaban J connectivity index is 1.89. The first kappa shape index (κ1) is 14.3. The lowest BCUT2D eigenvalue weighted by molar-refractivity contribution is -0.113. The van der Waals surface area contributed by atoms with Crippen LogP contribution in [-0.2, 0) is 4.79 Å². The van der Waals surface area contributed by atoms with Crippen LogP contribution in [-0.4, -0.2) is 18.1 Å². The number of amides is 1. The Kier molecular flexibility index (Phi) is 3.68. The average molecular weight is 314 g/mol. The van der Waals surface area contributed by atoms with Crippen LogP contribution in [0.25, 0.3) is 6.08 Å². The Morgan fingerprint density at radius 1 is 1.23 bits per heavy atom. The van der Waals surface area contributed by atoms with Crippen LogP contribution < -0.4 is 15.0 Å². The quantitative estimate of drug-likeness (QED) is 0.697. The second kappa shape index (κ2) is 5.65. The molecular formula is C16H14N2O3S. The van der Waals surface area contributed by atoms with Crippen molar-refractivity contribution < 1.29 is 13.9 Å². The molecule has 1 amide bonds. The van der Waals surface area contributed by atoms with E-state index in [4.69, 9.17) is 21.4 Å². The molecule has 2 heterocycles. The van der Waals surface area contributed by atoms with Crippen LogP contribution in [0.2, 0.25) is 0 Å². The number of carbonyl (C=O) groups excluding carboxylic acids is 1. The van der Waals surface area contributed by atoms with Gasteiger partial charge in [0.25, 0.3) is 5.91 Å². The van der Waals surface area contributed by atoms with Crippen molar-refractivity contribution in [2.75, 3.05) is 12.0 Å². The second-order valence-electron chi connectivity index (χ2n) is 4.78. The molecule has 0 bridgehead atoms. The number of rotatable bonds is 3. The molecule has 2 aromatic rings. The number of nitrogens with one attached hydrogen (secondary N) is 1. The summed E-state index contributed by atoms with van der Waals surface area (Å²) in [6.45, 7) is 1.85. The number of thiocarbonyl (C=S) groups is 1. The maximum atomic E-state index is 12.5. The van der Waals surface area contributed by atoms with Crippen molar-refractivity contribution >= 4 is 35.0 Å². The minimum Gasteiger partial charge on any atom is -0.497 e. The van der Waals surface area contributed by atoms with Crippen LogP contribution in [0.1, 0.15) is 11.5 Å². The molecule has 0 spiro atoms. The zero-order valence-electron chi connectivity index (χ0n) is 12.1. The Morgan fingerprint density at radius 3 is 2.55 bits per heavy atom. The van der Waals surface area contributed by atoms with Gasteiger partial charge < -0.3 is 14.5 Å². The smallest absolute Gasteiger partial charge is 0.281 e. The van der Waals surface area contributed by atoms with Gasteiger partial charge in [-0.25, -0.2) is 0 Å². The fourth-order valence-electron chi connectivity index (χ4n) is 2.17. The lowest BCUT2D eigenvalue weighted by Crippen LogP contribution is -2.30. The van der Waals surface area contributed by atoms with E-state index in [1.165, 1.54) is 4.90 Å². The molecule has 0 aliphatic carbocycles. The van der Waals surface area contributed by atoms with Gasteiger partial charge in [-0.3, -0.25) is 9.69 Å². The molecule has 112 valence electrons. The SMILES string of the molecule is COc1ccc(N2C(=O)/C(=C\c3ccc(C)o3)NC2=S)cc1. The number of benzene rings is 1. The maximum absolute atomic E-state index is 12.5. The van der Waals surface area contributed by atoms with E-state index < -0.39 is 0 Å². The third-order valence-corrected chi connectivity index (χ3v) is 3.54. The van der Waals surface area contributed by atoms with E-state index in [9.17, 15) is 4.79 Å². The van der Waals surface area contributed by atoms with Crippen LogP contribution in [0.3, 0.4) is 0 Å². The van der Waals surface area contributed by atoms with E-state index in [0.717, 1.165) is 11.5 Å². The third-order valence-electron chi connectivity index (χ3n) is 3.26. The highest BCUT2D eigenvalue weighted by Crippen LogP contribution is 2.25. The number of nitrogens with zero attached hydrogens (tertiary/aromatic N) is 1. The molecule has 0 radical (unpaired) electrons. The van der Waals surface area contributed by atoms with Gasteiger partial charge in [0.15, 0.2) is 5.11 Å². The molecule has 1 aromatic heterocycles. The summed E-state index contributed by atoms with van der Waals surface area (Å²) < 4.78 is 10.6. The van der Waals surface area contributed by atoms with E-state index in [1.54, 1.807) is 43.5 Å². The molecule has 0 atom stereocenters. The summed E-state index contributed by atoms with van der Waals surface area (Å²) in [5.74, 6) is 1.89. The normalized spacial score (nSPS) is 16.3. The minimum atomic E-state index is -0.218. The summed E-state index contributed by atoms with van der Waals surface area (Å²) in [5, 5.41) is 3.25. The van der Waals surface area contributed by atoms with Gasteiger partial charge in [-0.1, -0.05) is 0 Å². The summed E-state index contributed by atoms with van der Waals surface area (Å²) in [6.07, 6.45) is 1.64. The molecule has 1 aliphatic rings. The van der Waals surface area contributed by atoms with E-state index in [2.05, 4.69) is 5.32 Å². The van der Waals surface area contributed by atoms with Gasteiger partial charge in [0.05, 0.1) is 12.8 Å². The summed E-state index contributed by atoms with van der Waals surface area (Å²) in [4.78, 5) is 14.0. The van der Waals surface area contributed by atoms with Gasteiger partial charge in [-0.15, -0.1) is 0 Å². The first-order valence-electron chi connectivity index (χ1n) is 6.66. The first-order valence-corrected chi connectivity index (χ1v) is 7.07. The number of hydrogen-bond donors (Lipinski definition) is 1. The predicted octanol–water partition coefficient (Wildman–Crippen LogP) is 2.86. The standard InChI is InChI=1S/C16H14N2O3S/c1-10-3-6-13(21-10)9-14-15(19)18(16(22)17-14)11-4-7-12(20-2)8-5-11/h3-9H,1-2H3,(H,17,22)/b14-9+. The van der Waals surface area contributed by atoms with Crippen molar-refractivity contribution in [1.82, 2.24) is 5.32 Å². The maximum Gasteiger partial charge on any atom is 0.281 e. The number of methoxy groups -OCH3 is 1. The monoisotopic (exact) mass is 314 g/mol. The van der Waals surface area contributed by atoms with Crippen molar-refractivity contribution in [1.29, 1.82) is 0 Å². The third kappa shape index (κ3) is 2.60. The Morgan fingerprint density at radius 2 is 1.95 bits per heavy atom. The predicted molar refractivity (Wildman–Crippen MR) is 87.6 cm³/mol. The van der Waals surface area contributed by atoms with Crippen LogP contribution in [0.4, 0.5) is 5.69 Å². The zero-order valence-corrected chi connectivity index (χ0v) is 12.9. The summed E-state index contributed by atoms with van der Waals surface area (Å²) in [6, 6.07) is 10.8. The van der Waals surface area contributed by atoms with Gasteiger partial charge in [-0.05, 0) is 55.5 Å². The van der Waals surface area contributed by atoms with Crippen molar-refractivity contribution in [2.24, 2.45) is 0 Å². The summed E-state index contributed by atoms with van der Waals surface area (Å²) >= 11 is 5.25. The molecule has 22 heavy (non-hydrogen) atoms. The molecule has 3 rings (SSSR count). The van der Waals surface area contributed by atoms with E-state index >= 15 is 0 Å². The largest absolute Gasteiger partial charge is 0.497 e. The molecule has 0 unspecified atom stereocenters. The van der Waals surface area contributed by atoms with Crippen LogP contribution in [0.5, 0.6) is 5.75 Å². The van der Waals surface area contributed by atoms with Gasteiger partial charge in [0, 0.05) is 6.08 Å². The number of ether oxygens (including phenoxy) is 1. The van der Waals surface area contributed by atoms with Crippen LogP contribution >= 0.6 is 12.2 Å². The number of hydrogen-bond acceptors (Lipinski definition) is 4. The highest BCUT2D eigenvalue weighted by molar-refractivity contribution is 7.80. The molecular weight excluding hydrogens is 300 g/mol.